The van der Waals surface area contributed by atoms with Gasteiger partial charge in [0, 0.05) is 0 Å². The lowest BCUT2D eigenvalue weighted by atomic mass is 10.0. The Balaban J connectivity index is 0.000000791. The van der Waals surface area contributed by atoms with Gasteiger partial charge in [-0.3, -0.25) is 0 Å². The lowest BCUT2D eigenvalue weighted by Gasteiger charge is -2.02. The third-order valence-electron chi connectivity index (χ3n) is 2.00. The van der Waals surface area contributed by atoms with Crippen LogP contribution in [0.15, 0.2) is 31.4 Å². The first-order chi connectivity index (χ1) is 6.81. The molecule has 0 N–H and O–H groups in total. The van der Waals surface area contributed by atoms with E-state index in [1.165, 1.54) is 11.1 Å². The fourth-order valence-electron chi connectivity index (χ4n) is 1.21. The summed E-state index contributed by atoms with van der Waals surface area (Å²) in [6, 6.07) is 6.37. The van der Waals surface area contributed by atoms with Crippen molar-refractivity contribution in [2.45, 2.75) is 27.2 Å². The van der Waals surface area contributed by atoms with Gasteiger partial charge in [-0.25, -0.2) is 0 Å². The average Bonchev–Trinajstić information content (AvgIpc) is 2.30. The molecule has 0 saturated carbocycles. The molecule has 0 spiro atoms. The molecule has 0 saturated heterocycles. The molecule has 0 nitrogen and oxygen atoms in total. The van der Waals surface area contributed by atoms with Gasteiger partial charge in [-0.1, -0.05) is 64.3 Å². The summed E-state index contributed by atoms with van der Waals surface area (Å²) in [5.41, 5.74) is 3.67. The van der Waals surface area contributed by atoms with E-state index in [4.69, 9.17) is 0 Å². The number of hydrogen-bond acceptors (Lipinski definition) is 0. The molecule has 0 atom stereocenters. The highest BCUT2D eigenvalue weighted by atomic mass is 14.0. The quantitative estimate of drug-likeness (QED) is 0.652. The van der Waals surface area contributed by atoms with Crippen molar-refractivity contribution in [1.29, 1.82) is 0 Å². The molecular formula is C14H20. The summed E-state index contributed by atoms with van der Waals surface area (Å²) in [6.07, 6.45) is 4.80. The molecule has 0 bridgehead atoms. The van der Waals surface area contributed by atoms with Crippen molar-refractivity contribution in [1.82, 2.24) is 0 Å². The Morgan fingerprint density at radius 2 is 1.64 bits per heavy atom. The molecule has 0 aliphatic heterocycles. The highest BCUT2D eigenvalue weighted by Gasteiger charge is 1.95. The number of rotatable bonds is 3. The van der Waals surface area contributed by atoms with E-state index in [-0.39, 0.29) is 0 Å². The van der Waals surface area contributed by atoms with E-state index in [0.717, 1.165) is 12.0 Å². The van der Waals surface area contributed by atoms with Gasteiger partial charge in [0.05, 0.1) is 0 Å². The largest absolute Gasteiger partial charge is 0.0984 e. The van der Waals surface area contributed by atoms with Crippen molar-refractivity contribution in [3.8, 4) is 0 Å². The highest BCUT2D eigenvalue weighted by molar-refractivity contribution is 5.64. The van der Waals surface area contributed by atoms with Gasteiger partial charge in [-0.05, 0) is 23.1 Å². The van der Waals surface area contributed by atoms with E-state index in [1.54, 1.807) is 0 Å². The summed E-state index contributed by atoms with van der Waals surface area (Å²) in [4.78, 5) is 0. The van der Waals surface area contributed by atoms with E-state index in [0.29, 0.717) is 0 Å². The van der Waals surface area contributed by atoms with E-state index < -0.39 is 0 Å². The lowest BCUT2D eigenvalue weighted by molar-refractivity contribution is 1.14. The Morgan fingerprint density at radius 1 is 1.07 bits per heavy atom. The SMILES string of the molecule is C=Cc1ccc(CC)cc1C=C.CC. The van der Waals surface area contributed by atoms with Crippen LogP contribution in [0.1, 0.15) is 37.5 Å². The van der Waals surface area contributed by atoms with Crippen LogP contribution in [0, 0.1) is 0 Å². The topological polar surface area (TPSA) is 0 Å². The fourth-order valence-corrected chi connectivity index (χ4v) is 1.21. The average molecular weight is 188 g/mol. The van der Waals surface area contributed by atoms with Crippen molar-refractivity contribution >= 4 is 12.2 Å². The fraction of sp³-hybridized carbons (Fsp3) is 0.286. The molecule has 0 heteroatoms. The van der Waals surface area contributed by atoms with Crippen molar-refractivity contribution < 1.29 is 0 Å². The van der Waals surface area contributed by atoms with Gasteiger partial charge in [0.15, 0.2) is 0 Å². The molecule has 0 fully saturated rings. The summed E-state index contributed by atoms with van der Waals surface area (Å²) in [5, 5.41) is 0. The van der Waals surface area contributed by atoms with Crippen LogP contribution < -0.4 is 0 Å². The maximum atomic E-state index is 3.77. The highest BCUT2D eigenvalue weighted by Crippen LogP contribution is 2.14. The minimum Gasteiger partial charge on any atom is -0.0984 e. The smallest absolute Gasteiger partial charge is 0.0187 e. The van der Waals surface area contributed by atoms with E-state index >= 15 is 0 Å². The van der Waals surface area contributed by atoms with Gasteiger partial charge in [0.1, 0.15) is 0 Å². The molecular weight excluding hydrogens is 168 g/mol. The molecule has 0 amide bonds. The number of aryl methyl sites for hydroxylation is 1. The molecule has 14 heavy (non-hydrogen) atoms. The molecule has 1 rings (SSSR count). The Hall–Kier alpha value is -1.30. The zero-order valence-corrected chi connectivity index (χ0v) is 9.51. The molecule has 0 aliphatic rings. The van der Waals surface area contributed by atoms with Crippen LogP contribution in [0.4, 0.5) is 0 Å². The van der Waals surface area contributed by atoms with Crippen LogP contribution >= 0.6 is 0 Å². The van der Waals surface area contributed by atoms with Gasteiger partial charge in [0.2, 0.25) is 0 Å². The van der Waals surface area contributed by atoms with Crippen molar-refractivity contribution in [3.05, 3.63) is 48.0 Å². The Kier molecular flexibility index (Phi) is 6.47. The van der Waals surface area contributed by atoms with Crippen molar-refractivity contribution in [2.24, 2.45) is 0 Å². The normalized spacial score (nSPS) is 8.50. The van der Waals surface area contributed by atoms with Crippen LogP contribution in [-0.2, 0) is 6.42 Å². The summed E-state index contributed by atoms with van der Waals surface area (Å²) in [6.45, 7) is 13.7. The summed E-state index contributed by atoms with van der Waals surface area (Å²) < 4.78 is 0. The summed E-state index contributed by atoms with van der Waals surface area (Å²) in [7, 11) is 0. The van der Waals surface area contributed by atoms with Crippen LogP contribution in [-0.4, -0.2) is 0 Å². The maximum Gasteiger partial charge on any atom is -0.0187 e. The van der Waals surface area contributed by atoms with Crippen LogP contribution in [0.2, 0.25) is 0 Å². The number of hydrogen-bond donors (Lipinski definition) is 0. The predicted molar refractivity (Wildman–Crippen MR) is 67.4 cm³/mol. The number of benzene rings is 1. The standard InChI is InChI=1S/C12H14.C2H6/c1-4-10-7-8-11(5-2)12(6-3)9-10;1-2/h5-9H,2-4H2,1H3;1-2H3. The second-order valence-corrected chi connectivity index (χ2v) is 2.73. The first-order valence-corrected chi connectivity index (χ1v) is 5.19. The first-order valence-electron chi connectivity index (χ1n) is 5.19. The Bertz CT molecular complexity index is 295. The lowest BCUT2D eigenvalue weighted by Crippen LogP contribution is -1.84. The molecule has 1 aromatic carbocycles. The van der Waals surface area contributed by atoms with Crippen LogP contribution in [0.3, 0.4) is 0 Å². The van der Waals surface area contributed by atoms with Gasteiger partial charge in [-0.15, -0.1) is 0 Å². The Labute approximate surface area is 88.0 Å². The minimum absolute atomic E-state index is 1.07. The molecule has 0 heterocycles. The van der Waals surface area contributed by atoms with Gasteiger partial charge >= 0.3 is 0 Å². The molecule has 0 aromatic heterocycles. The second kappa shape index (κ2) is 7.14. The molecule has 0 radical (unpaired) electrons. The van der Waals surface area contributed by atoms with Crippen molar-refractivity contribution in [2.75, 3.05) is 0 Å². The molecule has 76 valence electrons. The monoisotopic (exact) mass is 188 g/mol. The predicted octanol–water partition coefficient (Wildman–Crippen LogP) is 4.56. The zero-order chi connectivity index (χ0) is 11.0. The molecule has 1 aromatic rings. The summed E-state index contributed by atoms with van der Waals surface area (Å²) in [5.74, 6) is 0. The third kappa shape index (κ3) is 3.21. The van der Waals surface area contributed by atoms with Gasteiger partial charge < -0.3 is 0 Å². The third-order valence-corrected chi connectivity index (χ3v) is 2.00. The molecule has 0 unspecified atom stereocenters. The first kappa shape index (κ1) is 12.7. The second-order valence-electron chi connectivity index (χ2n) is 2.73. The zero-order valence-electron chi connectivity index (χ0n) is 9.51. The van der Waals surface area contributed by atoms with Gasteiger partial charge in [0.25, 0.3) is 0 Å². The van der Waals surface area contributed by atoms with E-state index in [2.05, 4.69) is 38.3 Å². The minimum atomic E-state index is 1.07. The van der Waals surface area contributed by atoms with E-state index in [9.17, 15) is 0 Å². The van der Waals surface area contributed by atoms with E-state index in [1.807, 2.05) is 26.0 Å². The van der Waals surface area contributed by atoms with Crippen LogP contribution in [0.5, 0.6) is 0 Å². The molecule has 0 aliphatic carbocycles. The summed E-state index contributed by atoms with van der Waals surface area (Å²) >= 11 is 0. The van der Waals surface area contributed by atoms with Crippen LogP contribution in [0.25, 0.3) is 12.2 Å². The van der Waals surface area contributed by atoms with Crippen molar-refractivity contribution in [3.63, 3.8) is 0 Å². The Morgan fingerprint density at radius 3 is 2.07 bits per heavy atom. The van der Waals surface area contributed by atoms with Gasteiger partial charge in [-0.2, -0.15) is 0 Å². The maximum absolute atomic E-state index is 3.77.